The maximum atomic E-state index is 12.2. The zero-order chi connectivity index (χ0) is 33.6. The van der Waals surface area contributed by atoms with Gasteiger partial charge in [0, 0.05) is 19.3 Å². The van der Waals surface area contributed by atoms with Crippen LogP contribution in [0.2, 0.25) is 0 Å². The molecule has 1 rings (SSSR count). The lowest BCUT2D eigenvalue weighted by Gasteiger charge is -2.17. The van der Waals surface area contributed by atoms with Crippen LogP contribution in [0, 0.1) is 0 Å². The van der Waals surface area contributed by atoms with Crippen molar-refractivity contribution in [2.24, 2.45) is 0 Å². The standard InChI is InChI=1S/C30H43N3O12/c34-24(31-19-27(37)38)16-14-22(29(41)42)33-26(36)17-15-23(30(43)44)32-25(35)9-7-5-3-1-2-4-6-8-18-45-21-12-10-20(11-13-21)28(39)40/h10-13,22-23H,1-9,14-19H2,(H,31,34)(H,32,35)(H,33,36)(H,37,38)(H,39,40)(H,41,42)(H,43,44). The molecule has 2 atom stereocenters. The monoisotopic (exact) mass is 637 g/mol. The van der Waals surface area contributed by atoms with Crippen LogP contribution in [-0.4, -0.2) is 87.3 Å². The molecule has 0 saturated carbocycles. The minimum atomic E-state index is -1.43. The van der Waals surface area contributed by atoms with Crippen LogP contribution in [-0.2, 0) is 28.8 Å². The van der Waals surface area contributed by atoms with Crippen molar-refractivity contribution >= 4 is 41.6 Å². The Morgan fingerprint density at radius 1 is 0.600 bits per heavy atom. The van der Waals surface area contributed by atoms with Gasteiger partial charge in [0.05, 0.1) is 12.2 Å². The van der Waals surface area contributed by atoms with E-state index in [0.717, 1.165) is 44.9 Å². The molecule has 0 fully saturated rings. The van der Waals surface area contributed by atoms with Gasteiger partial charge in [0.2, 0.25) is 17.7 Å². The summed E-state index contributed by atoms with van der Waals surface area (Å²) in [5, 5.41) is 42.8. The fourth-order valence-corrected chi connectivity index (χ4v) is 4.19. The van der Waals surface area contributed by atoms with E-state index in [4.69, 9.17) is 14.9 Å². The van der Waals surface area contributed by atoms with E-state index < -0.39 is 60.2 Å². The number of hydrogen-bond donors (Lipinski definition) is 7. The number of nitrogens with one attached hydrogen (secondary N) is 3. The predicted octanol–water partition coefficient (Wildman–Crippen LogP) is 2.17. The van der Waals surface area contributed by atoms with Crippen molar-refractivity contribution in [2.45, 2.75) is 95.6 Å². The first-order chi connectivity index (χ1) is 21.4. The molecule has 15 nitrogen and oxygen atoms in total. The Balaban J connectivity index is 2.18. The summed E-state index contributed by atoms with van der Waals surface area (Å²) in [6, 6.07) is 3.49. The Morgan fingerprint density at radius 3 is 1.56 bits per heavy atom. The van der Waals surface area contributed by atoms with Crippen LogP contribution < -0.4 is 20.7 Å². The highest BCUT2D eigenvalue weighted by Crippen LogP contribution is 2.14. The van der Waals surface area contributed by atoms with Crippen molar-refractivity contribution in [3.05, 3.63) is 29.8 Å². The van der Waals surface area contributed by atoms with Crippen molar-refractivity contribution in [3.8, 4) is 5.75 Å². The van der Waals surface area contributed by atoms with Crippen molar-refractivity contribution in [1.82, 2.24) is 16.0 Å². The molecular formula is C30H43N3O12. The smallest absolute Gasteiger partial charge is 0.335 e. The molecule has 0 saturated heterocycles. The molecule has 3 amide bonds. The fraction of sp³-hybridized carbons (Fsp3) is 0.567. The molecule has 7 N–H and O–H groups in total. The Morgan fingerprint density at radius 2 is 1.07 bits per heavy atom. The third-order valence-corrected chi connectivity index (χ3v) is 6.69. The van der Waals surface area contributed by atoms with Gasteiger partial charge in [-0.1, -0.05) is 38.5 Å². The normalized spacial score (nSPS) is 11.9. The molecule has 0 aliphatic heterocycles. The number of hydrogen-bond acceptors (Lipinski definition) is 8. The number of carbonyl (C=O) groups excluding carboxylic acids is 3. The minimum Gasteiger partial charge on any atom is -0.494 e. The first kappa shape index (κ1) is 38.3. The van der Waals surface area contributed by atoms with Crippen molar-refractivity contribution in [2.75, 3.05) is 13.2 Å². The van der Waals surface area contributed by atoms with Gasteiger partial charge in [-0.15, -0.1) is 0 Å². The van der Waals surface area contributed by atoms with Crippen molar-refractivity contribution in [3.63, 3.8) is 0 Å². The number of carbonyl (C=O) groups is 7. The van der Waals surface area contributed by atoms with Crippen molar-refractivity contribution in [1.29, 1.82) is 0 Å². The second-order valence-electron chi connectivity index (χ2n) is 10.4. The first-order valence-corrected chi connectivity index (χ1v) is 14.9. The van der Waals surface area contributed by atoms with Gasteiger partial charge in [0.25, 0.3) is 0 Å². The lowest BCUT2D eigenvalue weighted by atomic mass is 10.1. The number of carboxylic acid groups (broad SMARTS) is 4. The lowest BCUT2D eigenvalue weighted by Crippen LogP contribution is -2.44. The summed E-state index contributed by atoms with van der Waals surface area (Å²) in [6.45, 7) is -0.0783. The molecule has 1 aromatic rings. The van der Waals surface area contributed by atoms with Crippen LogP contribution in [0.3, 0.4) is 0 Å². The molecule has 45 heavy (non-hydrogen) atoms. The van der Waals surface area contributed by atoms with Crippen LogP contribution in [0.5, 0.6) is 5.75 Å². The van der Waals surface area contributed by atoms with Gasteiger partial charge in [0.15, 0.2) is 0 Å². The summed E-state index contributed by atoms with van der Waals surface area (Å²) in [7, 11) is 0. The number of amides is 3. The fourth-order valence-electron chi connectivity index (χ4n) is 4.19. The van der Waals surface area contributed by atoms with E-state index in [-0.39, 0.29) is 37.7 Å². The average Bonchev–Trinajstić information content (AvgIpc) is 2.98. The molecule has 0 bridgehead atoms. The summed E-state index contributed by atoms with van der Waals surface area (Å²) < 4.78 is 5.61. The first-order valence-electron chi connectivity index (χ1n) is 14.9. The predicted molar refractivity (Wildman–Crippen MR) is 159 cm³/mol. The Hall–Kier alpha value is -4.69. The summed E-state index contributed by atoms with van der Waals surface area (Å²) in [5.41, 5.74) is 0.208. The van der Waals surface area contributed by atoms with E-state index in [9.17, 15) is 43.8 Å². The highest BCUT2D eigenvalue weighted by Gasteiger charge is 2.24. The quantitative estimate of drug-likeness (QED) is 0.0763. The zero-order valence-electron chi connectivity index (χ0n) is 25.1. The van der Waals surface area contributed by atoms with Crippen LogP contribution in [0.15, 0.2) is 24.3 Å². The van der Waals surface area contributed by atoms with Crippen LogP contribution >= 0.6 is 0 Å². The highest BCUT2D eigenvalue weighted by molar-refractivity contribution is 5.88. The van der Waals surface area contributed by atoms with Crippen LogP contribution in [0.4, 0.5) is 0 Å². The number of rotatable bonds is 25. The molecular weight excluding hydrogens is 594 g/mol. The number of unbranched alkanes of at least 4 members (excludes halogenated alkanes) is 7. The van der Waals surface area contributed by atoms with E-state index in [0.29, 0.717) is 18.8 Å². The summed E-state index contributed by atoms with van der Waals surface area (Å²) in [4.78, 5) is 80.3. The van der Waals surface area contributed by atoms with Gasteiger partial charge in [-0.2, -0.15) is 0 Å². The van der Waals surface area contributed by atoms with E-state index in [2.05, 4.69) is 16.0 Å². The zero-order valence-corrected chi connectivity index (χ0v) is 25.1. The molecule has 15 heteroatoms. The van der Waals surface area contributed by atoms with Gasteiger partial charge in [-0.05, 0) is 49.9 Å². The van der Waals surface area contributed by atoms with Gasteiger partial charge >= 0.3 is 23.9 Å². The minimum absolute atomic E-state index is 0.131. The van der Waals surface area contributed by atoms with Crippen LogP contribution in [0.1, 0.15) is 93.8 Å². The maximum absolute atomic E-state index is 12.2. The van der Waals surface area contributed by atoms with E-state index in [1.54, 1.807) is 12.1 Å². The molecule has 0 radical (unpaired) electrons. The second kappa shape index (κ2) is 21.9. The van der Waals surface area contributed by atoms with Gasteiger partial charge < -0.3 is 41.1 Å². The van der Waals surface area contributed by atoms with E-state index in [1.165, 1.54) is 12.1 Å². The van der Waals surface area contributed by atoms with E-state index >= 15 is 0 Å². The van der Waals surface area contributed by atoms with Gasteiger partial charge in [-0.3, -0.25) is 19.2 Å². The maximum Gasteiger partial charge on any atom is 0.335 e. The van der Waals surface area contributed by atoms with Gasteiger partial charge in [0.1, 0.15) is 24.4 Å². The topological polar surface area (TPSA) is 246 Å². The van der Waals surface area contributed by atoms with Crippen molar-refractivity contribution < 1.29 is 58.7 Å². The Labute approximate surface area is 260 Å². The second-order valence-corrected chi connectivity index (χ2v) is 10.4. The molecule has 2 unspecified atom stereocenters. The molecule has 0 spiro atoms. The lowest BCUT2D eigenvalue weighted by molar-refractivity contribution is -0.143. The number of carboxylic acids is 4. The molecule has 1 aromatic carbocycles. The SMILES string of the molecule is O=C(O)CNC(=O)CCC(NC(=O)CCC(NC(=O)CCCCCCCCCCOc1ccc(C(=O)O)cc1)C(=O)O)C(=O)O. The highest BCUT2D eigenvalue weighted by atomic mass is 16.5. The largest absolute Gasteiger partial charge is 0.494 e. The van der Waals surface area contributed by atoms with Crippen LogP contribution in [0.25, 0.3) is 0 Å². The molecule has 0 aromatic heterocycles. The number of benzene rings is 1. The Kier molecular flexibility index (Phi) is 18.7. The number of aromatic carboxylic acids is 1. The molecule has 0 aliphatic rings. The molecule has 250 valence electrons. The third kappa shape index (κ3) is 18.6. The third-order valence-electron chi connectivity index (χ3n) is 6.69. The number of aliphatic carboxylic acids is 3. The summed E-state index contributed by atoms with van der Waals surface area (Å²) >= 11 is 0. The van der Waals surface area contributed by atoms with E-state index in [1.807, 2.05) is 0 Å². The van der Waals surface area contributed by atoms with Gasteiger partial charge in [-0.25, -0.2) is 14.4 Å². The number of ether oxygens (including phenoxy) is 1. The summed E-state index contributed by atoms with van der Waals surface area (Å²) in [6.07, 6.45) is 6.08. The Bertz CT molecular complexity index is 1140. The summed E-state index contributed by atoms with van der Waals surface area (Å²) in [5.74, 6) is -6.29. The molecule has 0 aliphatic carbocycles. The molecule has 0 heterocycles. The average molecular weight is 638 g/mol.